The van der Waals surface area contributed by atoms with E-state index in [1.54, 1.807) is 37.4 Å². The van der Waals surface area contributed by atoms with Crippen LogP contribution in [-0.4, -0.2) is 25.9 Å². The van der Waals surface area contributed by atoms with Crippen molar-refractivity contribution >= 4 is 35.0 Å². The number of thioether (sulfide) groups is 1. The van der Waals surface area contributed by atoms with Gasteiger partial charge in [-0.3, -0.25) is 4.79 Å². The molecule has 2 rings (SSSR count). The van der Waals surface area contributed by atoms with Crippen LogP contribution in [0.1, 0.15) is 5.56 Å². The minimum Gasteiger partial charge on any atom is -0.497 e. The van der Waals surface area contributed by atoms with Crippen molar-refractivity contribution in [1.82, 2.24) is 0 Å². The molecule has 0 fully saturated rings. The van der Waals surface area contributed by atoms with E-state index in [1.807, 2.05) is 0 Å². The van der Waals surface area contributed by atoms with Gasteiger partial charge < -0.3 is 14.8 Å². The highest BCUT2D eigenvalue weighted by atomic mass is 35.5. The van der Waals surface area contributed by atoms with Crippen molar-refractivity contribution in [3.05, 3.63) is 52.8 Å². The average Bonchev–Trinajstić information content (AvgIpc) is 2.56. The summed E-state index contributed by atoms with van der Waals surface area (Å²) in [5.41, 5.74) is 1.04. The Balaban J connectivity index is 1.91. The first-order valence-corrected chi connectivity index (χ1v) is 8.60. The molecule has 24 heavy (non-hydrogen) atoms. The Morgan fingerprint density at radius 3 is 2.67 bits per heavy atom. The van der Waals surface area contributed by atoms with Crippen molar-refractivity contribution in [1.29, 1.82) is 0 Å². The smallest absolute Gasteiger partial charge is 0.234 e. The zero-order valence-corrected chi connectivity index (χ0v) is 14.8. The van der Waals surface area contributed by atoms with Gasteiger partial charge in [0.15, 0.2) is 0 Å². The Labute approximate surface area is 149 Å². The second kappa shape index (κ2) is 8.80. The normalized spacial score (nSPS) is 10.3. The molecule has 7 heteroatoms. The number of hydrogen-bond donors (Lipinski definition) is 1. The maximum atomic E-state index is 13.7. The number of nitrogens with one attached hydrogen (secondary N) is 1. The highest BCUT2D eigenvalue weighted by molar-refractivity contribution is 7.99. The van der Waals surface area contributed by atoms with E-state index in [2.05, 4.69) is 5.32 Å². The van der Waals surface area contributed by atoms with Crippen LogP contribution in [0.4, 0.5) is 10.1 Å². The maximum Gasteiger partial charge on any atom is 0.234 e. The maximum absolute atomic E-state index is 13.7. The number of benzene rings is 2. The van der Waals surface area contributed by atoms with Crippen LogP contribution in [0.25, 0.3) is 0 Å². The predicted molar refractivity (Wildman–Crippen MR) is 95.7 cm³/mol. The third-order valence-electron chi connectivity index (χ3n) is 3.19. The lowest BCUT2D eigenvalue weighted by Gasteiger charge is -2.11. The monoisotopic (exact) mass is 369 g/mol. The number of carbonyl (C=O) groups excluding carboxylic acids is 1. The van der Waals surface area contributed by atoms with Gasteiger partial charge in [0, 0.05) is 16.8 Å². The molecule has 4 nitrogen and oxygen atoms in total. The highest BCUT2D eigenvalue weighted by Crippen LogP contribution is 2.29. The summed E-state index contributed by atoms with van der Waals surface area (Å²) in [5.74, 6) is 1.14. The van der Waals surface area contributed by atoms with Gasteiger partial charge in [0.05, 0.1) is 25.7 Å². The van der Waals surface area contributed by atoms with Crippen LogP contribution in [0.3, 0.4) is 0 Å². The molecule has 1 amide bonds. The van der Waals surface area contributed by atoms with Crippen LogP contribution in [0.5, 0.6) is 11.5 Å². The molecule has 0 radical (unpaired) electrons. The van der Waals surface area contributed by atoms with Crippen molar-refractivity contribution in [2.24, 2.45) is 0 Å². The SMILES string of the molecule is COc1ccc(OC)c(NC(=O)CSCc2ccc(Cl)cc2F)c1. The summed E-state index contributed by atoms with van der Waals surface area (Å²) in [4.78, 5) is 12.1. The largest absolute Gasteiger partial charge is 0.497 e. The molecule has 0 aliphatic rings. The highest BCUT2D eigenvalue weighted by Gasteiger charge is 2.10. The number of hydrogen-bond acceptors (Lipinski definition) is 4. The van der Waals surface area contributed by atoms with Crippen LogP contribution in [0, 0.1) is 5.82 Å². The van der Waals surface area contributed by atoms with Crippen molar-refractivity contribution in [2.75, 3.05) is 25.3 Å². The van der Waals surface area contributed by atoms with E-state index in [9.17, 15) is 9.18 Å². The molecular weight excluding hydrogens is 353 g/mol. The van der Waals surface area contributed by atoms with Gasteiger partial charge >= 0.3 is 0 Å². The molecule has 0 spiro atoms. The molecule has 128 valence electrons. The molecule has 0 atom stereocenters. The molecule has 0 bridgehead atoms. The molecule has 0 saturated heterocycles. The summed E-state index contributed by atoms with van der Waals surface area (Å²) in [6.07, 6.45) is 0. The van der Waals surface area contributed by atoms with Crippen LogP contribution in [0.15, 0.2) is 36.4 Å². The number of ether oxygens (including phenoxy) is 2. The average molecular weight is 370 g/mol. The summed E-state index contributed by atoms with van der Waals surface area (Å²) in [6.45, 7) is 0. The van der Waals surface area contributed by atoms with Crippen molar-refractivity contribution < 1.29 is 18.7 Å². The molecule has 0 aliphatic carbocycles. The van der Waals surface area contributed by atoms with E-state index >= 15 is 0 Å². The van der Waals surface area contributed by atoms with Gasteiger partial charge in [-0.1, -0.05) is 17.7 Å². The van der Waals surface area contributed by atoms with Crippen LogP contribution >= 0.6 is 23.4 Å². The lowest BCUT2D eigenvalue weighted by atomic mass is 10.2. The summed E-state index contributed by atoms with van der Waals surface area (Å²) in [5, 5.41) is 3.12. The zero-order valence-electron chi connectivity index (χ0n) is 13.3. The lowest BCUT2D eigenvalue weighted by Crippen LogP contribution is -2.15. The van der Waals surface area contributed by atoms with Crippen LogP contribution < -0.4 is 14.8 Å². The minimum absolute atomic E-state index is 0.183. The fraction of sp³-hybridized carbons (Fsp3) is 0.235. The first-order chi connectivity index (χ1) is 11.5. The van der Waals surface area contributed by atoms with Gasteiger partial charge in [-0.05, 0) is 29.8 Å². The summed E-state index contributed by atoms with van der Waals surface area (Å²) in [7, 11) is 3.07. The van der Waals surface area contributed by atoms with Gasteiger partial charge in [-0.2, -0.15) is 0 Å². The standard InChI is InChI=1S/C17H17ClFNO3S/c1-22-13-5-6-16(23-2)15(8-13)20-17(21)10-24-9-11-3-4-12(18)7-14(11)19/h3-8H,9-10H2,1-2H3,(H,20,21). The van der Waals surface area contributed by atoms with E-state index in [-0.39, 0.29) is 17.5 Å². The molecule has 0 saturated carbocycles. The summed E-state index contributed by atoms with van der Waals surface area (Å²) in [6, 6.07) is 9.64. The number of rotatable bonds is 7. The van der Waals surface area contributed by atoms with Gasteiger partial charge in [-0.15, -0.1) is 11.8 Å². The Morgan fingerprint density at radius 2 is 2.00 bits per heavy atom. The number of halogens is 2. The molecule has 2 aromatic carbocycles. The molecule has 0 aromatic heterocycles. The Morgan fingerprint density at radius 1 is 1.21 bits per heavy atom. The predicted octanol–water partition coefficient (Wildman–Crippen LogP) is 4.37. The molecule has 1 N–H and O–H groups in total. The molecule has 0 unspecified atom stereocenters. The molecule has 0 heterocycles. The first kappa shape index (κ1) is 18.4. The fourth-order valence-corrected chi connectivity index (χ4v) is 2.96. The molecule has 2 aromatic rings. The Hall–Kier alpha value is -1.92. The number of methoxy groups -OCH3 is 2. The third kappa shape index (κ3) is 5.04. The van der Waals surface area contributed by atoms with E-state index in [0.717, 1.165) is 0 Å². The quantitative estimate of drug-likeness (QED) is 0.787. The second-order valence-electron chi connectivity index (χ2n) is 4.84. The van der Waals surface area contributed by atoms with Gasteiger partial charge in [0.1, 0.15) is 17.3 Å². The van der Waals surface area contributed by atoms with Crippen molar-refractivity contribution in [3.63, 3.8) is 0 Å². The van der Waals surface area contributed by atoms with E-state index in [0.29, 0.717) is 33.5 Å². The molecule has 0 aliphatic heterocycles. The Kier molecular flexibility index (Phi) is 6.75. The van der Waals surface area contributed by atoms with Gasteiger partial charge in [-0.25, -0.2) is 4.39 Å². The fourth-order valence-electron chi connectivity index (χ4n) is 1.99. The summed E-state index contributed by atoms with van der Waals surface area (Å²) >= 11 is 7.02. The minimum atomic E-state index is -0.370. The zero-order chi connectivity index (χ0) is 17.5. The van der Waals surface area contributed by atoms with E-state index in [4.69, 9.17) is 21.1 Å². The van der Waals surface area contributed by atoms with Gasteiger partial charge in [0.25, 0.3) is 0 Å². The topological polar surface area (TPSA) is 47.6 Å². The third-order valence-corrected chi connectivity index (χ3v) is 4.40. The Bertz CT molecular complexity index is 727. The molecular formula is C17H17ClFNO3S. The number of amides is 1. The van der Waals surface area contributed by atoms with Crippen molar-refractivity contribution in [2.45, 2.75) is 5.75 Å². The van der Waals surface area contributed by atoms with Crippen LogP contribution in [-0.2, 0) is 10.5 Å². The van der Waals surface area contributed by atoms with Crippen molar-refractivity contribution in [3.8, 4) is 11.5 Å². The lowest BCUT2D eigenvalue weighted by molar-refractivity contribution is -0.113. The first-order valence-electron chi connectivity index (χ1n) is 7.07. The number of carbonyl (C=O) groups is 1. The van der Waals surface area contributed by atoms with E-state index < -0.39 is 0 Å². The second-order valence-corrected chi connectivity index (χ2v) is 6.26. The summed E-state index contributed by atoms with van der Waals surface area (Å²) < 4.78 is 24.0. The number of anilines is 1. The van der Waals surface area contributed by atoms with Gasteiger partial charge in [0.2, 0.25) is 5.91 Å². The van der Waals surface area contributed by atoms with Crippen LogP contribution in [0.2, 0.25) is 5.02 Å². The van der Waals surface area contributed by atoms with E-state index in [1.165, 1.54) is 24.9 Å².